The highest BCUT2D eigenvalue weighted by atomic mass is 16.2. The lowest BCUT2D eigenvalue weighted by Crippen LogP contribution is -2.45. The lowest BCUT2D eigenvalue weighted by molar-refractivity contribution is -0.139. The van der Waals surface area contributed by atoms with Crippen molar-refractivity contribution in [1.82, 2.24) is 9.80 Å². The van der Waals surface area contributed by atoms with Crippen molar-refractivity contribution in [3.63, 3.8) is 0 Å². The molecule has 0 aliphatic carbocycles. The highest BCUT2D eigenvalue weighted by molar-refractivity contribution is 5.81. The first-order valence-electron chi connectivity index (χ1n) is 6.87. The number of likely N-dealkylation sites (tertiary alicyclic amines) is 2. The summed E-state index contributed by atoms with van der Waals surface area (Å²) in [6.45, 7) is 2.50. The lowest BCUT2D eigenvalue weighted by Gasteiger charge is -2.33. The zero-order valence-electron chi connectivity index (χ0n) is 11.1. The topological polar surface area (TPSA) is 83.7 Å². The van der Waals surface area contributed by atoms with Crippen LogP contribution in [0.15, 0.2) is 0 Å². The summed E-state index contributed by atoms with van der Waals surface area (Å²) in [6.07, 6.45) is 3.12. The number of hydrogen-bond donors (Lipinski definition) is 1. The van der Waals surface area contributed by atoms with Crippen LogP contribution in [0.4, 0.5) is 0 Å². The van der Waals surface area contributed by atoms with Crippen molar-refractivity contribution in [2.75, 3.05) is 32.7 Å². The zero-order chi connectivity index (χ0) is 13.8. The molecule has 0 radical (unpaired) electrons. The van der Waals surface area contributed by atoms with Gasteiger partial charge in [-0.05, 0) is 19.3 Å². The van der Waals surface area contributed by atoms with Crippen molar-refractivity contribution >= 4 is 18.1 Å². The van der Waals surface area contributed by atoms with E-state index in [9.17, 15) is 14.4 Å². The number of aldehydes is 1. The van der Waals surface area contributed by atoms with Crippen LogP contribution >= 0.6 is 0 Å². The third-order valence-corrected chi connectivity index (χ3v) is 4.10. The predicted octanol–water partition coefficient (Wildman–Crippen LogP) is -0.769. The minimum absolute atomic E-state index is 0.00265. The van der Waals surface area contributed by atoms with Gasteiger partial charge in [-0.25, -0.2) is 0 Å². The van der Waals surface area contributed by atoms with Gasteiger partial charge in [0.15, 0.2) is 0 Å². The Kier molecular flexibility index (Phi) is 4.52. The van der Waals surface area contributed by atoms with Crippen molar-refractivity contribution < 1.29 is 14.4 Å². The van der Waals surface area contributed by atoms with E-state index in [1.54, 1.807) is 9.80 Å². The molecule has 0 spiro atoms. The van der Waals surface area contributed by atoms with Crippen LogP contribution in [-0.2, 0) is 14.4 Å². The van der Waals surface area contributed by atoms with E-state index >= 15 is 0 Å². The Labute approximate surface area is 112 Å². The van der Waals surface area contributed by atoms with Gasteiger partial charge in [0.2, 0.25) is 11.8 Å². The van der Waals surface area contributed by atoms with E-state index < -0.39 is 0 Å². The van der Waals surface area contributed by atoms with Gasteiger partial charge in [0.05, 0.1) is 6.54 Å². The fraction of sp³-hybridized carbons (Fsp3) is 0.769. The Balaban J connectivity index is 1.83. The summed E-state index contributed by atoms with van der Waals surface area (Å²) in [5, 5.41) is 0. The summed E-state index contributed by atoms with van der Waals surface area (Å²) in [5.41, 5.74) is 5.33. The fourth-order valence-corrected chi connectivity index (χ4v) is 2.86. The second kappa shape index (κ2) is 6.14. The van der Waals surface area contributed by atoms with Gasteiger partial charge in [-0.15, -0.1) is 0 Å². The van der Waals surface area contributed by atoms with Crippen molar-refractivity contribution in [2.45, 2.75) is 19.3 Å². The van der Waals surface area contributed by atoms with Gasteiger partial charge in [0, 0.05) is 38.0 Å². The number of piperidine rings is 1. The molecule has 1 atom stereocenters. The number of nitrogens with zero attached hydrogens (tertiary/aromatic N) is 2. The number of nitrogens with two attached hydrogens (primary N) is 1. The second-order valence-electron chi connectivity index (χ2n) is 5.33. The minimum atomic E-state index is -0.0481. The third kappa shape index (κ3) is 3.12. The molecule has 2 aliphatic rings. The van der Waals surface area contributed by atoms with E-state index in [1.165, 1.54) is 0 Å². The molecule has 0 aromatic carbocycles. The number of hydrogen-bond acceptors (Lipinski definition) is 4. The molecule has 2 rings (SSSR count). The second-order valence-corrected chi connectivity index (χ2v) is 5.33. The zero-order valence-corrected chi connectivity index (χ0v) is 11.1. The first-order valence-corrected chi connectivity index (χ1v) is 6.87. The fourth-order valence-electron chi connectivity index (χ4n) is 2.86. The van der Waals surface area contributed by atoms with Crippen LogP contribution in [-0.4, -0.2) is 60.6 Å². The van der Waals surface area contributed by atoms with E-state index in [-0.39, 0.29) is 30.2 Å². The van der Waals surface area contributed by atoms with Crippen molar-refractivity contribution in [2.24, 2.45) is 17.6 Å². The van der Waals surface area contributed by atoms with Crippen LogP contribution in [0.3, 0.4) is 0 Å². The van der Waals surface area contributed by atoms with Crippen LogP contribution in [0.5, 0.6) is 0 Å². The number of carbonyl (C=O) groups excluding carboxylic acids is 3. The molecule has 0 saturated carbocycles. The largest absolute Gasteiger partial charge is 0.342 e. The van der Waals surface area contributed by atoms with Gasteiger partial charge >= 0.3 is 0 Å². The summed E-state index contributed by atoms with van der Waals surface area (Å²) in [7, 11) is 0. The molecule has 0 aromatic heterocycles. The molecule has 2 N–H and O–H groups in total. The average molecular weight is 267 g/mol. The Morgan fingerprint density at radius 1 is 1.11 bits per heavy atom. The highest BCUT2D eigenvalue weighted by Gasteiger charge is 2.33. The van der Waals surface area contributed by atoms with Crippen LogP contribution in [0.2, 0.25) is 0 Å². The van der Waals surface area contributed by atoms with Crippen molar-refractivity contribution in [1.29, 1.82) is 0 Å². The summed E-state index contributed by atoms with van der Waals surface area (Å²) in [6, 6.07) is 0. The van der Waals surface area contributed by atoms with Gasteiger partial charge in [0.1, 0.15) is 6.29 Å². The molecule has 106 valence electrons. The van der Waals surface area contributed by atoms with Gasteiger partial charge in [-0.1, -0.05) is 0 Å². The van der Waals surface area contributed by atoms with Crippen LogP contribution in [0.1, 0.15) is 19.3 Å². The monoisotopic (exact) mass is 267 g/mol. The molecule has 2 aliphatic heterocycles. The molecular weight excluding hydrogens is 246 g/mol. The van der Waals surface area contributed by atoms with E-state index in [0.29, 0.717) is 39.0 Å². The van der Waals surface area contributed by atoms with Gasteiger partial charge in [-0.2, -0.15) is 0 Å². The number of rotatable bonds is 3. The molecule has 2 amide bonds. The van der Waals surface area contributed by atoms with Crippen molar-refractivity contribution in [3.05, 3.63) is 0 Å². The molecule has 1 unspecified atom stereocenters. The quantitative estimate of drug-likeness (QED) is 0.681. The van der Waals surface area contributed by atoms with Crippen LogP contribution in [0, 0.1) is 11.8 Å². The van der Waals surface area contributed by atoms with Gasteiger partial charge in [0.25, 0.3) is 0 Å². The Morgan fingerprint density at radius 2 is 1.74 bits per heavy atom. The van der Waals surface area contributed by atoms with Crippen LogP contribution < -0.4 is 5.73 Å². The Bertz CT molecular complexity index is 364. The Hall–Kier alpha value is -1.43. The highest BCUT2D eigenvalue weighted by Crippen LogP contribution is 2.23. The maximum Gasteiger partial charge on any atom is 0.236 e. The normalized spacial score (nSPS) is 24.6. The average Bonchev–Trinajstić information content (AvgIpc) is 2.94. The molecule has 0 bridgehead atoms. The third-order valence-electron chi connectivity index (χ3n) is 4.10. The maximum absolute atomic E-state index is 12.3. The standard InChI is InChI=1S/C13H21N3O3/c14-7-12(18)15-5-2-11(3-6-15)13(19)16-4-1-10(8-16)9-17/h9-11H,1-8,14H2. The van der Waals surface area contributed by atoms with E-state index in [4.69, 9.17) is 5.73 Å². The SMILES string of the molecule is NCC(=O)N1CCC(C(=O)N2CCC(C=O)C2)CC1. The first-order chi connectivity index (χ1) is 9.15. The maximum atomic E-state index is 12.3. The predicted molar refractivity (Wildman–Crippen MR) is 69.1 cm³/mol. The molecule has 2 heterocycles. The minimum Gasteiger partial charge on any atom is -0.342 e. The summed E-state index contributed by atoms with van der Waals surface area (Å²) < 4.78 is 0. The first kappa shape index (κ1) is 14.0. The molecule has 6 nitrogen and oxygen atoms in total. The van der Waals surface area contributed by atoms with Gasteiger partial charge in [-0.3, -0.25) is 9.59 Å². The summed E-state index contributed by atoms with van der Waals surface area (Å²) >= 11 is 0. The Morgan fingerprint density at radius 3 is 2.26 bits per heavy atom. The lowest BCUT2D eigenvalue weighted by atomic mass is 9.95. The smallest absolute Gasteiger partial charge is 0.236 e. The van der Waals surface area contributed by atoms with Crippen molar-refractivity contribution in [3.8, 4) is 0 Å². The molecule has 2 saturated heterocycles. The summed E-state index contributed by atoms with van der Waals surface area (Å²) in [5.74, 6) is 0.0902. The molecule has 19 heavy (non-hydrogen) atoms. The molecule has 6 heteroatoms. The number of carbonyl (C=O) groups is 3. The van der Waals surface area contributed by atoms with E-state index in [2.05, 4.69) is 0 Å². The van der Waals surface area contributed by atoms with Gasteiger partial charge < -0.3 is 20.3 Å². The number of amides is 2. The van der Waals surface area contributed by atoms with E-state index in [1.807, 2.05) is 0 Å². The molecule has 2 fully saturated rings. The summed E-state index contributed by atoms with van der Waals surface area (Å²) in [4.78, 5) is 38.0. The van der Waals surface area contributed by atoms with Crippen LogP contribution in [0.25, 0.3) is 0 Å². The van der Waals surface area contributed by atoms with E-state index in [0.717, 1.165) is 12.7 Å². The molecule has 0 aromatic rings. The molecular formula is C13H21N3O3.